The van der Waals surface area contributed by atoms with Crippen LogP contribution in [-0.2, 0) is 10.8 Å². The molecule has 0 fully saturated rings. The molecule has 1 N–H and O–H groups in total. The Morgan fingerprint density at radius 1 is 0.576 bits per heavy atom. The van der Waals surface area contributed by atoms with Gasteiger partial charge in [0.1, 0.15) is 0 Å². The Morgan fingerprint density at radius 2 is 1.00 bits per heavy atom. The second kappa shape index (κ2) is 7.55. The van der Waals surface area contributed by atoms with Gasteiger partial charge < -0.3 is 4.98 Å². The number of nitrogens with one attached hydrogen (secondary N) is 1. The van der Waals surface area contributed by atoms with Crippen molar-refractivity contribution >= 4 is 21.8 Å². The highest BCUT2D eigenvalue weighted by Crippen LogP contribution is 2.41. The predicted octanol–water partition coefficient (Wildman–Crippen LogP) is 8.04. The molecule has 0 atom stereocenters. The van der Waals surface area contributed by atoms with Crippen molar-refractivity contribution in [2.24, 2.45) is 0 Å². The van der Waals surface area contributed by atoms with Gasteiger partial charge in [-0.05, 0) is 70.5 Å². The Labute approximate surface area is 195 Å². The van der Waals surface area contributed by atoms with Gasteiger partial charge in [0.2, 0.25) is 0 Å². The summed E-state index contributed by atoms with van der Waals surface area (Å²) >= 11 is 0. The zero-order valence-corrected chi connectivity index (χ0v) is 20.3. The molecule has 0 unspecified atom stereocenters. The van der Waals surface area contributed by atoms with Gasteiger partial charge in [0.25, 0.3) is 0 Å². The Bertz CT molecular complexity index is 1340. The van der Waals surface area contributed by atoms with Crippen molar-refractivity contribution in [2.45, 2.75) is 52.4 Å². The van der Waals surface area contributed by atoms with Crippen LogP contribution in [0.4, 0.5) is 0 Å². The van der Waals surface area contributed by atoms with Crippen molar-refractivity contribution in [3.63, 3.8) is 0 Å². The van der Waals surface area contributed by atoms with Gasteiger partial charge in [-0.3, -0.25) is 9.97 Å². The normalized spacial score (nSPS) is 12.5. The molecule has 0 saturated heterocycles. The van der Waals surface area contributed by atoms with Crippen LogP contribution >= 0.6 is 0 Å². The monoisotopic (exact) mass is 433 g/mol. The Balaban J connectivity index is 1.95. The van der Waals surface area contributed by atoms with Crippen LogP contribution in [0.3, 0.4) is 0 Å². The molecule has 3 heteroatoms. The highest BCUT2D eigenvalue weighted by molar-refractivity contribution is 6.15. The van der Waals surface area contributed by atoms with E-state index < -0.39 is 0 Å². The fourth-order valence-electron chi connectivity index (χ4n) is 4.42. The quantitative estimate of drug-likeness (QED) is 0.306. The lowest BCUT2D eigenvalue weighted by Gasteiger charge is -2.21. The lowest BCUT2D eigenvalue weighted by Crippen LogP contribution is -2.11. The summed E-state index contributed by atoms with van der Waals surface area (Å²) in [4.78, 5) is 13.2. The summed E-state index contributed by atoms with van der Waals surface area (Å²) in [5.41, 5.74) is 9.14. The minimum Gasteiger partial charge on any atom is -0.353 e. The molecule has 0 aliphatic carbocycles. The number of H-pyrrole nitrogens is 1. The molecule has 5 rings (SSSR count). The van der Waals surface area contributed by atoms with E-state index in [1.165, 1.54) is 21.9 Å². The maximum Gasteiger partial charge on any atom is 0.0723 e. The summed E-state index contributed by atoms with van der Waals surface area (Å²) in [5.74, 6) is 0. The fourth-order valence-corrected chi connectivity index (χ4v) is 4.42. The Morgan fingerprint density at radius 3 is 1.33 bits per heavy atom. The summed E-state index contributed by atoms with van der Waals surface area (Å²) in [7, 11) is 0. The zero-order valence-electron chi connectivity index (χ0n) is 20.3. The van der Waals surface area contributed by atoms with Gasteiger partial charge in [0.15, 0.2) is 0 Å². The lowest BCUT2D eigenvalue weighted by atomic mass is 9.83. The predicted molar refractivity (Wildman–Crippen MR) is 140 cm³/mol. The summed E-state index contributed by atoms with van der Waals surface area (Å²) in [6, 6.07) is 21.5. The third kappa shape index (κ3) is 3.82. The Hall–Kier alpha value is -3.46. The average Bonchev–Trinajstić information content (AvgIpc) is 3.16. The van der Waals surface area contributed by atoms with E-state index in [4.69, 9.17) is 9.97 Å². The first kappa shape index (κ1) is 21.4. The first-order valence-electron chi connectivity index (χ1n) is 11.6. The number of nitrogens with zero attached hydrogens (tertiary/aromatic N) is 2. The van der Waals surface area contributed by atoms with Crippen LogP contribution in [0.2, 0.25) is 0 Å². The van der Waals surface area contributed by atoms with Crippen molar-refractivity contribution in [3.05, 3.63) is 84.2 Å². The van der Waals surface area contributed by atoms with Crippen molar-refractivity contribution in [3.8, 4) is 22.5 Å². The molecule has 3 nitrogen and oxygen atoms in total. The molecule has 5 aromatic rings. The largest absolute Gasteiger partial charge is 0.353 e. The minimum absolute atomic E-state index is 0.0206. The van der Waals surface area contributed by atoms with E-state index in [9.17, 15) is 0 Å². The molecule has 33 heavy (non-hydrogen) atoms. The van der Waals surface area contributed by atoms with E-state index >= 15 is 0 Å². The van der Waals surface area contributed by atoms with E-state index in [0.29, 0.717) is 0 Å². The van der Waals surface area contributed by atoms with E-state index in [-0.39, 0.29) is 10.8 Å². The number of aromatic amines is 1. The van der Waals surface area contributed by atoms with Crippen LogP contribution in [-0.4, -0.2) is 15.0 Å². The van der Waals surface area contributed by atoms with E-state index in [1.807, 2.05) is 24.5 Å². The van der Waals surface area contributed by atoms with Crippen LogP contribution in [0, 0.1) is 0 Å². The van der Waals surface area contributed by atoms with Gasteiger partial charge in [-0.1, -0.05) is 53.7 Å². The molecule has 2 aromatic carbocycles. The minimum atomic E-state index is 0.0206. The second-order valence-electron chi connectivity index (χ2n) is 10.9. The topological polar surface area (TPSA) is 41.6 Å². The molecule has 0 spiro atoms. The number of rotatable bonds is 2. The lowest BCUT2D eigenvalue weighted by molar-refractivity contribution is 0.590. The van der Waals surface area contributed by atoms with Crippen LogP contribution in [0.15, 0.2) is 73.1 Å². The average molecular weight is 434 g/mol. The molecule has 3 aromatic heterocycles. The van der Waals surface area contributed by atoms with Crippen molar-refractivity contribution in [1.82, 2.24) is 15.0 Å². The SMILES string of the molecule is CC(C)(C)c1cc(-c2ccccn2)c2[nH]c3c(-c4ccccn4)cc(C(C)(C)C)cc3c2c1. The van der Waals surface area contributed by atoms with Crippen molar-refractivity contribution < 1.29 is 0 Å². The van der Waals surface area contributed by atoms with Crippen molar-refractivity contribution in [2.75, 3.05) is 0 Å². The smallest absolute Gasteiger partial charge is 0.0723 e. The van der Waals surface area contributed by atoms with Crippen molar-refractivity contribution in [1.29, 1.82) is 0 Å². The van der Waals surface area contributed by atoms with Gasteiger partial charge in [0, 0.05) is 34.3 Å². The van der Waals surface area contributed by atoms with E-state index in [0.717, 1.165) is 33.5 Å². The third-order valence-corrected chi connectivity index (χ3v) is 6.43. The maximum atomic E-state index is 4.70. The Kier molecular flexibility index (Phi) is 4.89. The summed E-state index contributed by atoms with van der Waals surface area (Å²) in [6.45, 7) is 13.6. The molecule has 0 bridgehead atoms. The number of aromatic nitrogens is 3. The fraction of sp³-hybridized carbons (Fsp3) is 0.267. The highest BCUT2D eigenvalue weighted by Gasteiger charge is 2.23. The number of fused-ring (bicyclic) bond motifs is 3. The third-order valence-electron chi connectivity index (χ3n) is 6.43. The summed E-state index contributed by atoms with van der Waals surface area (Å²) in [5, 5.41) is 2.47. The summed E-state index contributed by atoms with van der Waals surface area (Å²) in [6.07, 6.45) is 3.73. The first-order valence-corrected chi connectivity index (χ1v) is 11.6. The van der Waals surface area contributed by atoms with Crippen LogP contribution < -0.4 is 0 Å². The standard InChI is InChI=1S/C30H31N3/c1-29(2,3)19-15-21-22-16-20(30(4,5)6)18-24(26-12-8-10-14-32-26)28(22)33-27(21)23(17-19)25-11-7-9-13-31-25/h7-18,33H,1-6H3. The molecular weight excluding hydrogens is 402 g/mol. The summed E-state index contributed by atoms with van der Waals surface area (Å²) < 4.78 is 0. The number of hydrogen-bond acceptors (Lipinski definition) is 2. The molecule has 3 heterocycles. The first-order chi connectivity index (χ1) is 15.6. The second-order valence-corrected chi connectivity index (χ2v) is 10.9. The number of benzene rings is 2. The van der Waals surface area contributed by atoms with E-state index in [2.05, 4.69) is 95.1 Å². The highest BCUT2D eigenvalue weighted by atomic mass is 14.7. The van der Waals surface area contributed by atoms with Crippen LogP contribution in [0.25, 0.3) is 44.3 Å². The molecule has 0 aliphatic rings. The molecule has 0 saturated carbocycles. The molecular formula is C30H31N3. The van der Waals surface area contributed by atoms with Gasteiger partial charge in [0.05, 0.1) is 22.4 Å². The zero-order chi connectivity index (χ0) is 23.4. The molecule has 0 radical (unpaired) electrons. The van der Waals surface area contributed by atoms with Gasteiger partial charge >= 0.3 is 0 Å². The maximum absolute atomic E-state index is 4.70. The van der Waals surface area contributed by atoms with Gasteiger partial charge in [-0.15, -0.1) is 0 Å². The van der Waals surface area contributed by atoms with Crippen LogP contribution in [0.1, 0.15) is 52.7 Å². The number of hydrogen-bond donors (Lipinski definition) is 1. The molecule has 166 valence electrons. The van der Waals surface area contributed by atoms with E-state index in [1.54, 1.807) is 0 Å². The van der Waals surface area contributed by atoms with Gasteiger partial charge in [-0.2, -0.15) is 0 Å². The molecule has 0 aliphatic heterocycles. The van der Waals surface area contributed by atoms with Crippen LogP contribution in [0.5, 0.6) is 0 Å². The van der Waals surface area contributed by atoms with Gasteiger partial charge in [-0.25, -0.2) is 0 Å². The molecule has 0 amide bonds. The number of pyridine rings is 2.